The number of nitrogens with zero attached hydrogens (tertiary/aromatic N) is 3. The lowest BCUT2D eigenvalue weighted by Gasteiger charge is -2.36. The molecule has 166 valence electrons. The van der Waals surface area contributed by atoms with E-state index < -0.39 is 6.10 Å². The molecule has 1 saturated heterocycles. The maximum Gasteiger partial charge on any atom is 0.224 e. The van der Waals surface area contributed by atoms with Crippen LogP contribution in [0.3, 0.4) is 0 Å². The van der Waals surface area contributed by atoms with Crippen molar-refractivity contribution in [1.29, 1.82) is 0 Å². The van der Waals surface area contributed by atoms with E-state index in [0.29, 0.717) is 18.7 Å². The molecule has 2 N–H and O–H groups in total. The van der Waals surface area contributed by atoms with Crippen molar-refractivity contribution in [3.05, 3.63) is 71.5 Å². The summed E-state index contributed by atoms with van der Waals surface area (Å²) < 4.78 is 8.01. The summed E-state index contributed by atoms with van der Waals surface area (Å²) >= 11 is 0. The molecule has 0 radical (unpaired) electrons. The molecule has 2 aliphatic heterocycles. The Balaban J connectivity index is 1.24. The summed E-state index contributed by atoms with van der Waals surface area (Å²) in [5.41, 5.74) is 5.39. The molecule has 1 aromatic heterocycles. The minimum absolute atomic E-state index is 0.0358. The third-order valence-corrected chi connectivity index (χ3v) is 6.25. The van der Waals surface area contributed by atoms with Gasteiger partial charge in [0, 0.05) is 50.2 Å². The summed E-state index contributed by atoms with van der Waals surface area (Å²) in [6.07, 6.45) is 4.87. The summed E-state index contributed by atoms with van der Waals surface area (Å²) in [5.74, 6) is 0.719. The van der Waals surface area contributed by atoms with Crippen molar-refractivity contribution in [2.75, 3.05) is 18.4 Å². The number of piperidine rings is 1. The number of fused-ring (bicyclic) bond motifs is 1. The van der Waals surface area contributed by atoms with Gasteiger partial charge in [0.2, 0.25) is 5.91 Å². The average molecular weight is 433 g/mol. The molecule has 0 spiro atoms. The van der Waals surface area contributed by atoms with Gasteiger partial charge in [-0.3, -0.25) is 9.69 Å². The Morgan fingerprint density at radius 3 is 2.94 bits per heavy atom. The van der Waals surface area contributed by atoms with E-state index in [1.54, 1.807) is 6.20 Å². The zero-order chi connectivity index (χ0) is 22.1. The van der Waals surface area contributed by atoms with Gasteiger partial charge in [-0.1, -0.05) is 23.8 Å². The van der Waals surface area contributed by atoms with Gasteiger partial charge in [0.05, 0.1) is 5.69 Å². The van der Waals surface area contributed by atoms with Gasteiger partial charge in [-0.2, -0.15) is 5.10 Å². The van der Waals surface area contributed by atoms with Crippen molar-refractivity contribution < 1.29 is 14.6 Å². The molecule has 2 atom stereocenters. The molecule has 5 rings (SSSR count). The van der Waals surface area contributed by atoms with E-state index in [9.17, 15) is 9.90 Å². The number of carbonyl (C=O) groups is 1. The van der Waals surface area contributed by atoms with Gasteiger partial charge in [0.25, 0.3) is 0 Å². The van der Waals surface area contributed by atoms with Gasteiger partial charge in [-0.15, -0.1) is 0 Å². The summed E-state index contributed by atoms with van der Waals surface area (Å²) in [4.78, 5) is 13.9. The zero-order valence-corrected chi connectivity index (χ0v) is 18.2. The van der Waals surface area contributed by atoms with Crippen LogP contribution < -0.4 is 10.1 Å². The van der Waals surface area contributed by atoms with E-state index in [0.717, 1.165) is 42.9 Å². The van der Waals surface area contributed by atoms with Gasteiger partial charge in [-0.05, 0) is 49.1 Å². The molecular formula is C25H28N4O3. The summed E-state index contributed by atoms with van der Waals surface area (Å²) in [5, 5.41) is 18.1. The van der Waals surface area contributed by atoms with E-state index in [1.165, 1.54) is 11.1 Å². The number of aryl methyl sites for hydroxylation is 2. The zero-order valence-electron chi connectivity index (χ0n) is 18.2. The number of β-amino-alcohol motifs (C(OH)–C–C–N with tert-alkyl or cyclic N) is 1. The van der Waals surface area contributed by atoms with Gasteiger partial charge in [-0.25, -0.2) is 4.68 Å². The van der Waals surface area contributed by atoms with Crippen LogP contribution in [-0.4, -0.2) is 51.0 Å². The molecule has 32 heavy (non-hydrogen) atoms. The maximum absolute atomic E-state index is 11.7. The van der Waals surface area contributed by atoms with Crippen LogP contribution in [0.2, 0.25) is 0 Å². The molecule has 2 aliphatic rings. The molecular weight excluding hydrogens is 404 g/mol. The number of benzene rings is 2. The van der Waals surface area contributed by atoms with Crippen LogP contribution in [0.4, 0.5) is 5.69 Å². The Kier molecular flexibility index (Phi) is 5.68. The predicted molar refractivity (Wildman–Crippen MR) is 122 cm³/mol. The number of anilines is 1. The SMILES string of the molecule is Cc1ccc(-n2cccn2)c(CN2CC[C@@H](Oc3ccc4c(c3)NC(=O)CC4)[C@H](O)C2)c1. The normalized spacial score (nSPS) is 21.1. The Morgan fingerprint density at radius 1 is 1.22 bits per heavy atom. The van der Waals surface area contributed by atoms with Crippen LogP contribution in [-0.2, 0) is 17.8 Å². The second-order valence-corrected chi connectivity index (χ2v) is 8.70. The number of likely N-dealkylation sites (tertiary alicyclic amines) is 1. The number of carbonyl (C=O) groups excluding carboxylic acids is 1. The Bertz CT molecular complexity index is 1110. The topological polar surface area (TPSA) is 79.6 Å². The van der Waals surface area contributed by atoms with Crippen LogP contribution in [0.1, 0.15) is 29.5 Å². The summed E-state index contributed by atoms with van der Waals surface area (Å²) in [7, 11) is 0. The summed E-state index contributed by atoms with van der Waals surface area (Å²) in [6, 6.07) is 14.1. The molecule has 0 saturated carbocycles. The first-order valence-electron chi connectivity index (χ1n) is 11.1. The van der Waals surface area contributed by atoms with Crippen molar-refractivity contribution in [1.82, 2.24) is 14.7 Å². The number of amides is 1. The monoisotopic (exact) mass is 432 g/mol. The van der Waals surface area contributed by atoms with Crippen LogP contribution in [0, 0.1) is 6.92 Å². The fourth-order valence-electron chi connectivity index (χ4n) is 4.57. The van der Waals surface area contributed by atoms with Gasteiger partial charge >= 0.3 is 0 Å². The van der Waals surface area contributed by atoms with Crippen LogP contribution in [0.5, 0.6) is 5.75 Å². The lowest BCUT2D eigenvalue weighted by molar-refractivity contribution is -0.116. The Labute approximate surface area is 187 Å². The van der Waals surface area contributed by atoms with E-state index in [-0.39, 0.29) is 12.0 Å². The highest BCUT2D eigenvalue weighted by Gasteiger charge is 2.30. The molecule has 0 bridgehead atoms. The average Bonchev–Trinajstić information content (AvgIpc) is 3.30. The minimum Gasteiger partial charge on any atom is -0.488 e. The number of hydrogen-bond acceptors (Lipinski definition) is 5. The van der Waals surface area contributed by atoms with Crippen LogP contribution >= 0.6 is 0 Å². The molecule has 3 aromatic rings. The number of rotatable bonds is 5. The molecule has 3 heterocycles. The van der Waals surface area contributed by atoms with Crippen LogP contribution in [0.15, 0.2) is 54.9 Å². The first-order valence-corrected chi connectivity index (χ1v) is 11.1. The number of aromatic nitrogens is 2. The number of hydrogen-bond donors (Lipinski definition) is 2. The van der Waals surface area contributed by atoms with Crippen molar-refractivity contribution in [3.63, 3.8) is 0 Å². The number of ether oxygens (including phenoxy) is 1. The number of aliphatic hydroxyl groups excluding tert-OH is 1. The number of nitrogens with one attached hydrogen (secondary N) is 1. The van der Waals surface area contributed by atoms with E-state index in [1.807, 2.05) is 35.1 Å². The predicted octanol–water partition coefficient (Wildman–Crippen LogP) is 3.08. The van der Waals surface area contributed by atoms with Crippen LogP contribution in [0.25, 0.3) is 5.69 Å². The lowest BCUT2D eigenvalue weighted by atomic mass is 10.0. The molecule has 7 nitrogen and oxygen atoms in total. The van der Waals surface area contributed by atoms with Crippen molar-refractivity contribution in [3.8, 4) is 11.4 Å². The molecule has 1 fully saturated rings. The van der Waals surface area contributed by atoms with Crippen molar-refractivity contribution >= 4 is 11.6 Å². The van der Waals surface area contributed by atoms with Crippen molar-refractivity contribution in [2.45, 2.75) is 44.9 Å². The van der Waals surface area contributed by atoms with Crippen molar-refractivity contribution in [2.24, 2.45) is 0 Å². The third kappa shape index (κ3) is 4.40. The second-order valence-electron chi connectivity index (χ2n) is 8.70. The quantitative estimate of drug-likeness (QED) is 0.648. The second kappa shape index (κ2) is 8.76. The lowest BCUT2D eigenvalue weighted by Crippen LogP contribution is -2.48. The maximum atomic E-state index is 11.7. The highest BCUT2D eigenvalue weighted by Crippen LogP contribution is 2.29. The minimum atomic E-state index is -0.590. The first-order chi connectivity index (χ1) is 15.5. The molecule has 7 heteroatoms. The van der Waals surface area contributed by atoms with E-state index >= 15 is 0 Å². The summed E-state index contributed by atoms with van der Waals surface area (Å²) in [6.45, 7) is 4.20. The standard InChI is InChI=1S/C25H28N4O3/c1-17-3-7-22(29-11-2-10-26-29)19(13-17)15-28-12-9-24(23(30)16-28)32-20-6-4-18-5-8-25(31)27-21(18)14-20/h2-4,6-7,10-11,13-14,23-24,30H,5,8-9,12,15-16H2,1H3,(H,27,31)/t23-,24-/m1/s1. The third-order valence-electron chi connectivity index (χ3n) is 6.25. The first kappa shape index (κ1) is 20.7. The highest BCUT2D eigenvalue weighted by molar-refractivity contribution is 5.94. The van der Waals surface area contributed by atoms with Gasteiger partial charge in [0.1, 0.15) is 18.0 Å². The molecule has 2 aromatic carbocycles. The van der Waals surface area contributed by atoms with E-state index in [4.69, 9.17) is 4.74 Å². The van der Waals surface area contributed by atoms with Gasteiger partial charge < -0.3 is 15.2 Å². The van der Waals surface area contributed by atoms with Gasteiger partial charge in [0.15, 0.2) is 0 Å². The molecule has 0 unspecified atom stereocenters. The Morgan fingerprint density at radius 2 is 2.12 bits per heavy atom. The fourth-order valence-corrected chi connectivity index (χ4v) is 4.57. The molecule has 1 amide bonds. The Hall–Kier alpha value is -3.16. The fraction of sp³-hybridized carbons (Fsp3) is 0.360. The molecule has 0 aliphatic carbocycles. The smallest absolute Gasteiger partial charge is 0.224 e. The highest BCUT2D eigenvalue weighted by atomic mass is 16.5. The van der Waals surface area contributed by atoms with E-state index in [2.05, 4.69) is 40.4 Å². The number of aliphatic hydroxyl groups is 1. The largest absolute Gasteiger partial charge is 0.488 e.